The van der Waals surface area contributed by atoms with E-state index in [0.717, 1.165) is 5.69 Å². The molecular formula is C16H25NO2. The summed E-state index contributed by atoms with van der Waals surface area (Å²) in [5.41, 5.74) is 1.66. The van der Waals surface area contributed by atoms with Crippen molar-refractivity contribution in [3.63, 3.8) is 0 Å². The van der Waals surface area contributed by atoms with Crippen LogP contribution in [0.15, 0.2) is 24.3 Å². The number of carbonyl (C=O) groups is 1. The molecule has 0 aliphatic rings. The van der Waals surface area contributed by atoms with Crippen LogP contribution in [0.3, 0.4) is 0 Å². The Morgan fingerprint density at radius 2 is 1.89 bits per heavy atom. The van der Waals surface area contributed by atoms with E-state index in [1.165, 1.54) is 25.7 Å². The molecule has 0 aliphatic heterocycles. The number of benzene rings is 1. The minimum Gasteiger partial charge on any atom is -0.462 e. The fourth-order valence-electron chi connectivity index (χ4n) is 1.97. The number of unbranched alkanes of at least 4 members (excludes halogenated alkanes) is 2. The summed E-state index contributed by atoms with van der Waals surface area (Å²) in [6.07, 6.45) is 4.97. The molecule has 0 bridgehead atoms. The lowest BCUT2D eigenvalue weighted by Gasteiger charge is -2.15. The summed E-state index contributed by atoms with van der Waals surface area (Å²) in [5.74, 6) is -0.259. The molecule has 0 fully saturated rings. The van der Waals surface area contributed by atoms with Gasteiger partial charge in [0.1, 0.15) is 0 Å². The Hall–Kier alpha value is -1.51. The van der Waals surface area contributed by atoms with Gasteiger partial charge >= 0.3 is 5.97 Å². The molecule has 1 N–H and O–H groups in total. The Bertz CT molecular complexity index is 373. The van der Waals surface area contributed by atoms with Crippen molar-refractivity contribution in [2.75, 3.05) is 11.9 Å². The molecule has 0 unspecified atom stereocenters. The summed E-state index contributed by atoms with van der Waals surface area (Å²) >= 11 is 0. The Morgan fingerprint density at radius 3 is 2.47 bits per heavy atom. The lowest BCUT2D eigenvalue weighted by atomic mass is 10.1. The monoisotopic (exact) mass is 263 g/mol. The standard InChI is InChI=1S/C16H25NO2/c1-4-6-7-8-13(3)17-15-11-9-14(10-12-15)16(18)19-5-2/h9-13,17H,4-8H2,1-3H3/t13-/m1/s1. The van der Waals surface area contributed by atoms with E-state index >= 15 is 0 Å². The lowest BCUT2D eigenvalue weighted by molar-refractivity contribution is 0.0526. The second kappa shape index (κ2) is 8.57. The van der Waals surface area contributed by atoms with Crippen molar-refractivity contribution in [2.24, 2.45) is 0 Å². The van der Waals surface area contributed by atoms with E-state index in [9.17, 15) is 4.79 Å². The van der Waals surface area contributed by atoms with Crippen LogP contribution in [0, 0.1) is 0 Å². The molecule has 0 spiro atoms. The molecule has 3 nitrogen and oxygen atoms in total. The Balaban J connectivity index is 2.45. The summed E-state index contributed by atoms with van der Waals surface area (Å²) in [4.78, 5) is 11.5. The first kappa shape index (κ1) is 15.5. The highest BCUT2D eigenvalue weighted by molar-refractivity contribution is 5.89. The maximum absolute atomic E-state index is 11.5. The van der Waals surface area contributed by atoms with Gasteiger partial charge in [0.15, 0.2) is 0 Å². The number of hydrogen-bond donors (Lipinski definition) is 1. The Morgan fingerprint density at radius 1 is 1.21 bits per heavy atom. The summed E-state index contributed by atoms with van der Waals surface area (Å²) in [5, 5.41) is 3.45. The molecular weight excluding hydrogens is 238 g/mol. The minimum absolute atomic E-state index is 0.259. The van der Waals surface area contributed by atoms with Gasteiger partial charge in [0.2, 0.25) is 0 Å². The van der Waals surface area contributed by atoms with E-state index in [4.69, 9.17) is 4.74 Å². The van der Waals surface area contributed by atoms with Gasteiger partial charge in [-0.1, -0.05) is 26.2 Å². The second-order valence-corrected chi connectivity index (χ2v) is 4.84. The number of nitrogens with one attached hydrogen (secondary N) is 1. The third-order valence-corrected chi connectivity index (χ3v) is 3.05. The zero-order chi connectivity index (χ0) is 14.1. The summed E-state index contributed by atoms with van der Waals surface area (Å²) in [6, 6.07) is 7.93. The van der Waals surface area contributed by atoms with E-state index in [2.05, 4.69) is 19.2 Å². The van der Waals surface area contributed by atoms with Crippen LogP contribution in [0.1, 0.15) is 56.8 Å². The van der Waals surface area contributed by atoms with Crippen molar-refractivity contribution in [1.82, 2.24) is 0 Å². The summed E-state index contributed by atoms with van der Waals surface area (Å²) in [6.45, 7) is 6.63. The molecule has 1 atom stereocenters. The molecule has 0 saturated carbocycles. The van der Waals surface area contributed by atoms with Crippen molar-refractivity contribution in [3.05, 3.63) is 29.8 Å². The van der Waals surface area contributed by atoms with E-state index in [-0.39, 0.29) is 5.97 Å². The molecule has 1 aromatic carbocycles. The van der Waals surface area contributed by atoms with Gasteiger partial charge in [-0.05, 0) is 44.5 Å². The van der Waals surface area contributed by atoms with Crippen molar-refractivity contribution in [3.8, 4) is 0 Å². The van der Waals surface area contributed by atoms with Gasteiger partial charge in [0, 0.05) is 11.7 Å². The topological polar surface area (TPSA) is 38.3 Å². The van der Waals surface area contributed by atoms with Gasteiger partial charge in [-0.25, -0.2) is 4.79 Å². The first-order chi connectivity index (χ1) is 9.17. The fourth-order valence-corrected chi connectivity index (χ4v) is 1.97. The van der Waals surface area contributed by atoms with E-state index < -0.39 is 0 Å². The van der Waals surface area contributed by atoms with Crippen LogP contribution >= 0.6 is 0 Å². The summed E-state index contributed by atoms with van der Waals surface area (Å²) < 4.78 is 4.96. The largest absolute Gasteiger partial charge is 0.462 e. The SMILES string of the molecule is CCCCC[C@@H](C)Nc1ccc(C(=O)OCC)cc1. The highest BCUT2D eigenvalue weighted by Gasteiger charge is 2.06. The zero-order valence-corrected chi connectivity index (χ0v) is 12.2. The third kappa shape index (κ3) is 5.77. The van der Waals surface area contributed by atoms with E-state index in [1.54, 1.807) is 12.1 Å². The molecule has 1 aromatic rings. The first-order valence-electron chi connectivity index (χ1n) is 7.21. The van der Waals surface area contributed by atoms with Crippen LogP contribution < -0.4 is 5.32 Å². The van der Waals surface area contributed by atoms with Crippen molar-refractivity contribution >= 4 is 11.7 Å². The summed E-state index contributed by atoms with van der Waals surface area (Å²) in [7, 11) is 0. The molecule has 0 aliphatic carbocycles. The molecule has 3 heteroatoms. The minimum atomic E-state index is -0.259. The number of ether oxygens (including phenoxy) is 1. The average Bonchev–Trinajstić information content (AvgIpc) is 2.40. The maximum atomic E-state index is 11.5. The van der Waals surface area contributed by atoms with E-state index in [1.807, 2.05) is 19.1 Å². The first-order valence-corrected chi connectivity index (χ1v) is 7.21. The zero-order valence-electron chi connectivity index (χ0n) is 12.2. The predicted molar refractivity (Wildman–Crippen MR) is 79.6 cm³/mol. The van der Waals surface area contributed by atoms with Crippen LogP contribution in [-0.4, -0.2) is 18.6 Å². The smallest absolute Gasteiger partial charge is 0.338 e. The number of rotatable bonds is 8. The molecule has 0 heterocycles. The molecule has 0 saturated heterocycles. The number of hydrogen-bond acceptors (Lipinski definition) is 3. The highest BCUT2D eigenvalue weighted by atomic mass is 16.5. The second-order valence-electron chi connectivity index (χ2n) is 4.84. The quantitative estimate of drug-likeness (QED) is 0.563. The van der Waals surface area contributed by atoms with Crippen LogP contribution in [-0.2, 0) is 4.74 Å². The van der Waals surface area contributed by atoms with E-state index in [0.29, 0.717) is 18.2 Å². The molecule has 1 rings (SSSR count). The van der Waals surface area contributed by atoms with Gasteiger partial charge in [-0.3, -0.25) is 0 Å². The number of anilines is 1. The predicted octanol–water partition coefficient (Wildman–Crippen LogP) is 4.24. The van der Waals surface area contributed by atoms with Crippen LogP contribution in [0.4, 0.5) is 5.69 Å². The lowest BCUT2D eigenvalue weighted by Crippen LogP contribution is -2.15. The van der Waals surface area contributed by atoms with Crippen molar-refractivity contribution in [2.45, 2.75) is 52.5 Å². The molecule has 106 valence electrons. The number of esters is 1. The molecule has 0 radical (unpaired) electrons. The molecule has 0 aromatic heterocycles. The Labute approximate surface area is 116 Å². The van der Waals surface area contributed by atoms with Crippen LogP contribution in [0.5, 0.6) is 0 Å². The number of carbonyl (C=O) groups excluding carboxylic acids is 1. The maximum Gasteiger partial charge on any atom is 0.338 e. The fraction of sp³-hybridized carbons (Fsp3) is 0.562. The van der Waals surface area contributed by atoms with Crippen LogP contribution in [0.25, 0.3) is 0 Å². The van der Waals surface area contributed by atoms with Crippen LogP contribution in [0.2, 0.25) is 0 Å². The van der Waals surface area contributed by atoms with Gasteiger partial charge in [-0.2, -0.15) is 0 Å². The molecule has 0 amide bonds. The highest BCUT2D eigenvalue weighted by Crippen LogP contribution is 2.14. The van der Waals surface area contributed by atoms with Crippen molar-refractivity contribution < 1.29 is 9.53 Å². The average molecular weight is 263 g/mol. The normalized spacial score (nSPS) is 11.9. The van der Waals surface area contributed by atoms with Gasteiger partial charge in [0.25, 0.3) is 0 Å². The third-order valence-electron chi connectivity index (χ3n) is 3.05. The van der Waals surface area contributed by atoms with Gasteiger partial charge in [0.05, 0.1) is 12.2 Å². The van der Waals surface area contributed by atoms with Gasteiger partial charge in [-0.15, -0.1) is 0 Å². The Kier molecular flexibility index (Phi) is 7.01. The molecule has 19 heavy (non-hydrogen) atoms. The van der Waals surface area contributed by atoms with Gasteiger partial charge < -0.3 is 10.1 Å². The van der Waals surface area contributed by atoms with Crippen molar-refractivity contribution in [1.29, 1.82) is 0 Å².